The molecule has 0 unspecified atom stereocenters. The molecule has 0 spiro atoms. The summed E-state index contributed by atoms with van der Waals surface area (Å²) in [5, 5.41) is 20.5. The Balaban J connectivity index is 1.20. The summed E-state index contributed by atoms with van der Waals surface area (Å²) < 4.78 is 14.3. The van der Waals surface area contributed by atoms with Gasteiger partial charge >= 0.3 is 5.97 Å². The maximum absolute atomic E-state index is 14.8. The highest BCUT2D eigenvalue weighted by atomic mass is 16.5. The SMILES string of the molecule is CCn1c(-c2cccnc2[C@H](C)OC)c2c3cc(ccc31)-c1cc(O)cc(c1)C[C@H](NC(=O)[C@H](C(C)C)N(C)C(=O)[C@H]1CC[C@@H]3CCCN[C@H]31)C(=O)N1CCC[C@H](N1)C(=O)OCC(C)(C)C2. The van der Waals surface area contributed by atoms with Crippen molar-refractivity contribution >= 4 is 34.6 Å². The quantitative estimate of drug-likeness (QED) is 0.133. The van der Waals surface area contributed by atoms with E-state index in [0.29, 0.717) is 43.8 Å². The molecule has 354 valence electrons. The molecule has 1 aliphatic carbocycles. The van der Waals surface area contributed by atoms with Crippen LogP contribution in [0.25, 0.3) is 33.3 Å². The van der Waals surface area contributed by atoms with Gasteiger partial charge in [-0.05, 0) is 136 Å². The van der Waals surface area contributed by atoms with Crippen molar-refractivity contribution in [2.24, 2.45) is 23.2 Å². The van der Waals surface area contributed by atoms with E-state index in [4.69, 9.17) is 14.5 Å². The van der Waals surface area contributed by atoms with Gasteiger partial charge in [-0.25, -0.2) is 5.43 Å². The minimum atomic E-state index is -1.11. The highest BCUT2D eigenvalue weighted by molar-refractivity contribution is 5.96. The van der Waals surface area contributed by atoms with Crippen LogP contribution in [0.3, 0.4) is 0 Å². The van der Waals surface area contributed by atoms with Gasteiger partial charge in [-0.15, -0.1) is 0 Å². The summed E-state index contributed by atoms with van der Waals surface area (Å²) in [6.07, 6.45) is 7.09. The largest absolute Gasteiger partial charge is 0.508 e. The lowest BCUT2D eigenvalue weighted by atomic mass is 9.84. The third-order valence-corrected chi connectivity index (χ3v) is 14.6. The number of phenols is 1. The van der Waals surface area contributed by atoms with E-state index in [1.54, 1.807) is 37.4 Å². The van der Waals surface area contributed by atoms with Crippen molar-refractivity contribution in [3.8, 4) is 28.1 Å². The maximum Gasteiger partial charge on any atom is 0.324 e. The van der Waals surface area contributed by atoms with Crippen LogP contribution in [0.5, 0.6) is 5.75 Å². The van der Waals surface area contributed by atoms with Crippen LogP contribution in [-0.4, -0.2) is 106 Å². The summed E-state index contributed by atoms with van der Waals surface area (Å²) in [7, 11) is 3.39. The molecule has 2 aromatic heterocycles. The first-order valence-corrected chi connectivity index (χ1v) is 24.1. The van der Waals surface area contributed by atoms with Crippen molar-refractivity contribution in [1.29, 1.82) is 0 Å². The molecule has 3 amide bonds. The number of esters is 1. The maximum atomic E-state index is 14.8. The van der Waals surface area contributed by atoms with Crippen molar-refractivity contribution in [3.05, 3.63) is 71.5 Å². The second-order valence-electron chi connectivity index (χ2n) is 20.2. The number of nitrogens with one attached hydrogen (secondary N) is 3. The summed E-state index contributed by atoms with van der Waals surface area (Å²) in [5.74, 6) is -1.38. The van der Waals surface area contributed by atoms with E-state index in [9.17, 15) is 24.3 Å². The topological polar surface area (TPSA) is 167 Å². The molecule has 8 rings (SSSR count). The molecule has 2 saturated heterocycles. The molecule has 14 nitrogen and oxygen atoms in total. The number of hydrogen-bond acceptors (Lipinski definition) is 10. The molecule has 5 heterocycles. The number of methoxy groups -OCH3 is 1. The number of phenolic OH excluding ortho intramolecular Hbond substituents is 1. The monoisotopic (exact) mass is 904 g/mol. The molecule has 0 radical (unpaired) electrons. The second kappa shape index (κ2) is 19.5. The number of rotatable bonds is 9. The van der Waals surface area contributed by atoms with Gasteiger partial charge in [-0.1, -0.05) is 39.8 Å². The number of aromatic nitrogens is 2. The van der Waals surface area contributed by atoms with Crippen LogP contribution in [0.15, 0.2) is 54.7 Å². The number of carbonyl (C=O) groups excluding carboxylic acids is 4. The highest BCUT2D eigenvalue weighted by Gasteiger charge is 2.45. The van der Waals surface area contributed by atoms with E-state index in [1.807, 2.05) is 39.0 Å². The first kappa shape index (κ1) is 47.2. The molecule has 1 saturated carbocycles. The van der Waals surface area contributed by atoms with E-state index < -0.39 is 41.3 Å². The fraction of sp³-hybridized carbons (Fsp3) is 0.558. The zero-order chi connectivity index (χ0) is 47.0. The van der Waals surface area contributed by atoms with Gasteiger partial charge in [0.05, 0.1) is 30.0 Å². The molecule has 6 bridgehead atoms. The van der Waals surface area contributed by atoms with Crippen molar-refractivity contribution in [2.45, 2.75) is 130 Å². The lowest BCUT2D eigenvalue weighted by molar-refractivity contribution is -0.155. The van der Waals surface area contributed by atoms with E-state index >= 15 is 0 Å². The number of hydrogen-bond donors (Lipinski definition) is 4. The summed E-state index contributed by atoms with van der Waals surface area (Å²) in [6.45, 7) is 14.1. The number of likely N-dealkylation sites (N-methyl/N-ethyl adjacent to an activating group) is 1. The van der Waals surface area contributed by atoms with Crippen LogP contribution in [0.2, 0.25) is 0 Å². The lowest BCUT2D eigenvalue weighted by Gasteiger charge is -2.38. The number of amides is 3. The number of ether oxygens (including phenoxy) is 2. The molecule has 7 atom stereocenters. The number of carbonyl (C=O) groups is 4. The summed E-state index contributed by atoms with van der Waals surface area (Å²) in [5.41, 5.74) is 9.78. The molecule has 4 N–H and O–H groups in total. The number of aryl methyl sites for hydroxylation is 1. The van der Waals surface area contributed by atoms with Crippen LogP contribution in [-0.2, 0) is 48.0 Å². The highest BCUT2D eigenvalue weighted by Crippen LogP contribution is 2.43. The number of piperidine rings is 1. The fourth-order valence-electron chi connectivity index (χ4n) is 11.3. The number of cyclic esters (lactones) is 1. The van der Waals surface area contributed by atoms with Gasteiger partial charge in [-0.3, -0.25) is 29.2 Å². The number of nitrogens with zero attached hydrogens (tertiary/aromatic N) is 4. The van der Waals surface area contributed by atoms with Crippen LogP contribution in [0, 0.1) is 23.2 Å². The van der Waals surface area contributed by atoms with Crippen molar-refractivity contribution < 1.29 is 33.8 Å². The molecule has 14 heteroatoms. The Bertz CT molecular complexity index is 2460. The van der Waals surface area contributed by atoms with Crippen molar-refractivity contribution in [1.82, 2.24) is 35.5 Å². The third-order valence-electron chi connectivity index (χ3n) is 14.6. The van der Waals surface area contributed by atoms with Crippen LogP contribution >= 0.6 is 0 Å². The van der Waals surface area contributed by atoms with Gasteiger partial charge in [0.25, 0.3) is 5.91 Å². The van der Waals surface area contributed by atoms with Crippen molar-refractivity contribution in [2.75, 3.05) is 33.9 Å². The first-order valence-electron chi connectivity index (χ1n) is 24.1. The summed E-state index contributed by atoms with van der Waals surface area (Å²) in [6, 6.07) is 13.0. The Kier molecular flexibility index (Phi) is 13.9. The molecular formula is C52H69N7O7. The number of pyridine rings is 1. The average molecular weight is 904 g/mol. The summed E-state index contributed by atoms with van der Waals surface area (Å²) in [4.78, 5) is 64.0. The molecule has 4 aromatic rings. The minimum Gasteiger partial charge on any atom is -0.508 e. The normalized spacial score (nSPS) is 24.3. The third kappa shape index (κ3) is 9.46. The van der Waals surface area contributed by atoms with Gasteiger partial charge in [0.1, 0.15) is 23.9 Å². The molecule has 3 aliphatic heterocycles. The second-order valence-corrected chi connectivity index (χ2v) is 20.2. The fourth-order valence-corrected chi connectivity index (χ4v) is 11.3. The van der Waals surface area contributed by atoms with Gasteiger partial charge in [0.2, 0.25) is 11.8 Å². The standard InChI is InChI=1S/C52H69N7O7/c1-9-58-43-19-17-34-27-39(43)40(47(58)37-14-11-21-53-44(37)31(4)65-8)28-52(5,6)29-66-51(64)41-15-12-22-59(56-41)50(63)42(25-32-23-35(34)26-36(60)24-32)55-48(61)46(30(2)3)57(7)49(62)38-18-16-33-13-10-20-54-45(33)38/h11,14,17,19,21,23-24,26-27,30-31,33,38,41-42,45-46,54,56,60H,9-10,12-13,15-16,18,20,22,25,28-29H2,1-8H3,(H,55,61)/t31-,33-,38-,41-,42-,45+,46-/m0/s1. The van der Waals surface area contributed by atoms with Gasteiger partial charge < -0.3 is 34.7 Å². The Labute approximate surface area is 389 Å². The van der Waals surface area contributed by atoms with Gasteiger partial charge in [0, 0.05) is 67.8 Å². The van der Waals surface area contributed by atoms with E-state index in [1.165, 1.54) is 5.01 Å². The smallest absolute Gasteiger partial charge is 0.324 e. The predicted octanol–water partition coefficient (Wildman–Crippen LogP) is 6.71. The zero-order valence-electron chi connectivity index (χ0n) is 40.0. The average Bonchev–Trinajstić information content (AvgIpc) is 3.87. The Morgan fingerprint density at radius 1 is 1.05 bits per heavy atom. The molecule has 66 heavy (non-hydrogen) atoms. The number of aromatic hydroxyl groups is 1. The van der Waals surface area contributed by atoms with Gasteiger partial charge in [0.15, 0.2) is 0 Å². The first-order chi connectivity index (χ1) is 31.6. The molecule has 2 aromatic carbocycles. The van der Waals surface area contributed by atoms with E-state index in [2.05, 4.69) is 59.6 Å². The lowest BCUT2D eigenvalue weighted by Crippen LogP contribution is -2.62. The predicted molar refractivity (Wildman–Crippen MR) is 254 cm³/mol. The van der Waals surface area contributed by atoms with E-state index in [-0.39, 0.29) is 48.7 Å². The Hall–Kier alpha value is -5.31. The Morgan fingerprint density at radius 2 is 1.85 bits per heavy atom. The number of fused-ring (bicyclic) bond motifs is 7. The van der Waals surface area contributed by atoms with E-state index in [0.717, 1.165) is 76.8 Å². The minimum absolute atomic E-state index is 0.0201. The molecule has 3 fully saturated rings. The molecular weight excluding hydrogens is 835 g/mol. The number of hydrazine groups is 1. The Morgan fingerprint density at radius 3 is 2.61 bits per heavy atom. The van der Waals surface area contributed by atoms with Crippen LogP contribution in [0.1, 0.15) is 103 Å². The number of benzene rings is 2. The van der Waals surface area contributed by atoms with Crippen LogP contribution < -0.4 is 16.1 Å². The summed E-state index contributed by atoms with van der Waals surface area (Å²) >= 11 is 0. The van der Waals surface area contributed by atoms with Crippen molar-refractivity contribution in [3.63, 3.8) is 0 Å². The van der Waals surface area contributed by atoms with Gasteiger partial charge in [-0.2, -0.15) is 0 Å². The van der Waals surface area contributed by atoms with Crippen LogP contribution in [0.4, 0.5) is 0 Å². The zero-order valence-corrected chi connectivity index (χ0v) is 40.0. The molecule has 4 aliphatic rings.